The molecule has 0 aromatic carbocycles. The van der Waals surface area contributed by atoms with E-state index in [4.69, 9.17) is 0 Å². The summed E-state index contributed by atoms with van der Waals surface area (Å²) >= 11 is 0. The van der Waals surface area contributed by atoms with Crippen molar-refractivity contribution in [1.29, 1.82) is 0 Å². The Hall–Kier alpha value is -0.780. The van der Waals surface area contributed by atoms with Crippen molar-refractivity contribution in [3.05, 3.63) is 0 Å². The fourth-order valence-corrected chi connectivity index (χ4v) is 3.42. The molecule has 1 unspecified atom stereocenters. The number of carbonyl (C=O) groups is 1. The highest BCUT2D eigenvalue weighted by Crippen LogP contribution is 2.34. The number of amides is 1. The van der Waals surface area contributed by atoms with Crippen LogP contribution in [0.3, 0.4) is 0 Å². The first-order valence-corrected chi connectivity index (χ1v) is 7.88. The molecule has 0 aromatic rings. The molecule has 0 aliphatic carbocycles. The van der Waals surface area contributed by atoms with Gasteiger partial charge in [-0.2, -0.15) is 13.2 Å². The summed E-state index contributed by atoms with van der Waals surface area (Å²) in [6, 6.07) is 0.200. The van der Waals surface area contributed by atoms with Crippen LogP contribution in [0.2, 0.25) is 0 Å². The van der Waals surface area contributed by atoms with Gasteiger partial charge >= 0.3 is 6.18 Å². The minimum atomic E-state index is -4.08. The van der Waals surface area contributed by atoms with E-state index in [1.54, 1.807) is 0 Å². The van der Waals surface area contributed by atoms with Gasteiger partial charge in [-0.15, -0.1) is 0 Å². The number of hydrogen-bond donors (Lipinski definition) is 0. The molecule has 2 rings (SSSR count). The monoisotopic (exact) mass is 306 g/mol. The lowest BCUT2D eigenvalue weighted by Crippen LogP contribution is -2.51. The summed E-state index contributed by atoms with van der Waals surface area (Å²) in [5, 5.41) is 0. The van der Waals surface area contributed by atoms with E-state index >= 15 is 0 Å². The van der Waals surface area contributed by atoms with Gasteiger partial charge < -0.3 is 4.90 Å². The summed E-state index contributed by atoms with van der Waals surface area (Å²) in [4.78, 5) is 15.8. The second kappa shape index (κ2) is 6.55. The van der Waals surface area contributed by atoms with Gasteiger partial charge in [0.15, 0.2) is 0 Å². The van der Waals surface area contributed by atoms with E-state index in [-0.39, 0.29) is 30.8 Å². The lowest BCUT2D eigenvalue weighted by Gasteiger charge is -2.42. The Morgan fingerprint density at radius 1 is 1.10 bits per heavy atom. The van der Waals surface area contributed by atoms with Gasteiger partial charge in [-0.1, -0.05) is 13.8 Å². The minimum absolute atomic E-state index is 0.00820. The number of likely N-dealkylation sites (tertiary alicyclic amines) is 2. The molecule has 0 bridgehead atoms. The van der Waals surface area contributed by atoms with E-state index in [9.17, 15) is 18.0 Å². The summed E-state index contributed by atoms with van der Waals surface area (Å²) in [6.07, 6.45) is -1.61. The second-order valence-corrected chi connectivity index (χ2v) is 6.59. The first kappa shape index (κ1) is 16.6. The first-order chi connectivity index (χ1) is 9.79. The van der Waals surface area contributed by atoms with Gasteiger partial charge in [0.25, 0.3) is 0 Å². The fraction of sp³-hybridized carbons (Fsp3) is 0.933. The number of rotatable bonds is 2. The fourth-order valence-electron chi connectivity index (χ4n) is 3.42. The lowest BCUT2D eigenvalue weighted by atomic mass is 9.93. The van der Waals surface area contributed by atoms with Gasteiger partial charge in [-0.25, -0.2) is 0 Å². The van der Waals surface area contributed by atoms with E-state index < -0.39 is 12.1 Å². The molecule has 0 spiro atoms. The van der Waals surface area contributed by atoms with Crippen molar-refractivity contribution in [2.75, 3.05) is 26.2 Å². The van der Waals surface area contributed by atoms with Gasteiger partial charge in [0, 0.05) is 31.6 Å². The summed E-state index contributed by atoms with van der Waals surface area (Å²) in [6.45, 7) is 6.01. The number of alkyl halides is 3. The van der Waals surface area contributed by atoms with Crippen molar-refractivity contribution in [2.24, 2.45) is 11.8 Å². The van der Waals surface area contributed by atoms with E-state index in [0.29, 0.717) is 19.5 Å². The zero-order valence-corrected chi connectivity index (χ0v) is 12.8. The Labute approximate surface area is 124 Å². The molecule has 2 saturated heterocycles. The zero-order chi connectivity index (χ0) is 15.6. The highest BCUT2D eigenvalue weighted by Gasteiger charge is 2.43. The van der Waals surface area contributed by atoms with Crippen LogP contribution in [0.5, 0.6) is 0 Å². The van der Waals surface area contributed by atoms with Crippen LogP contribution in [0.1, 0.15) is 39.5 Å². The van der Waals surface area contributed by atoms with Crippen LogP contribution in [-0.4, -0.2) is 54.1 Å². The molecule has 0 aromatic heterocycles. The Bertz CT molecular complexity index is 362. The normalized spacial score (nSPS) is 26.4. The number of piperidine rings is 2. The molecule has 21 heavy (non-hydrogen) atoms. The first-order valence-electron chi connectivity index (χ1n) is 7.88. The van der Waals surface area contributed by atoms with Crippen molar-refractivity contribution >= 4 is 5.91 Å². The molecule has 2 aliphatic rings. The van der Waals surface area contributed by atoms with E-state index in [2.05, 4.69) is 0 Å². The zero-order valence-electron chi connectivity index (χ0n) is 12.8. The third kappa shape index (κ3) is 4.11. The molecular weight excluding hydrogens is 281 g/mol. The van der Waals surface area contributed by atoms with Crippen LogP contribution in [-0.2, 0) is 4.79 Å². The number of hydrogen-bond acceptors (Lipinski definition) is 2. The van der Waals surface area contributed by atoms with Crippen LogP contribution in [0.25, 0.3) is 0 Å². The molecular formula is C15H25F3N2O. The maximum Gasteiger partial charge on any atom is 0.393 e. The van der Waals surface area contributed by atoms with Crippen molar-refractivity contribution < 1.29 is 18.0 Å². The Morgan fingerprint density at radius 2 is 1.71 bits per heavy atom. The standard InChI is InChI=1S/C15H25F3N2O/c1-11(2)14(21)19-8-5-13(6-9-19)20-7-3-4-12(10-20)15(16,17)18/h11-13H,3-10H2,1-2H3. The number of nitrogens with zero attached hydrogens (tertiary/aromatic N) is 2. The number of carbonyl (C=O) groups excluding carboxylic acids is 1. The maximum atomic E-state index is 12.9. The third-order valence-corrected chi connectivity index (χ3v) is 4.70. The van der Waals surface area contributed by atoms with Gasteiger partial charge in [0.05, 0.1) is 5.92 Å². The van der Waals surface area contributed by atoms with Crippen LogP contribution < -0.4 is 0 Å². The highest BCUT2D eigenvalue weighted by molar-refractivity contribution is 5.78. The maximum absolute atomic E-state index is 12.9. The lowest BCUT2D eigenvalue weighted by molar-refractivity contribution is -0.189. The van der Waals surface area contributed by atoms with E-state index in [0.717, 1.165) is 19.4 Å². The van der Waals surface area contributed by atoms with Crippen LogP contribution in [0.4, 0.5) is 13.2 Å². The predicted molar refractivity (Wildman–Crippen MR) is 74.8 cm³/mol. The Morgan fingerprint density at radius 3 is 2.24 bits per heavy atom. The molecule has 0 saturated carbocycles. The van der Waals surface area contributed by atoms with E-state index in [1.165, 1.54) is 0 Å². The van der Waals surface area contributed by atoms with Gasteiger partial charge in [0.2, 0.25) is 5.91 Å². The summed E-state index contributed by atoms with van der Waals surface area (Å²) in [5.74, 6) is -1.03. The van der Waals surface area contributed by atoms with Crippen LogP contribution >= 0.6 is 0 Å². The highest BCUT2D eigenvalue weighted by atomic mass is 19.4. The molecule has 3 nitrogen and oxygen atoms in total. The molecule has 6 heteroatoms. The van der Waals surface area contributed by atoms with Crippen molar-refractivity contribution in [3.63, 3.8) is 0 Å². The average molecular weight is 306 g/mol. The molecule has 2 fully saturated rings. The molecule has 122 valence electrons. The molecule has 1 amide bonds. The topological polar surface area (TPSA) is 23.6 Å². The average Bonchev–Trinajstić information content (AvgIpc) is 2.46. The second-order valence-electron chi connectivity index (χ2n) is 6.59. The van der Waals surface area contributed by atoms with Gasteiger partial charge in [0.1, 0.15) is 0 Å². The Balaban J connectivity index is 1.86. The molecule has 2 aliphatic heterocycles. The molecule has 1 atom stereocenters. The van der Waals surface area contributed by atoms with Crippen molar-refractivity contribution in [3.8, 4) is 0 Å². The summed E-state index contributed by atoms with van der Waals surface area (Å²) < 4.78 is 38.6. The summed E-state index contributed by atoms with van der Waals surface area (Å²) in [7, 11) is 0. The molecule has 0 radical (unpaired) electrons. The van der Waals surface area contributed by atoms with Crippen LogP contribution in [0.15, 0.2) is 0 Å². The SMILES string of the molecule is CC(C)C(=O)N1CCC(N2CCCC(C(F)(F)F)C2)CC1. The number of halogens is 3. The quantitative estimate of drug-likeness (QED) is 0.783. The van der Waals surface area contributed by atoms with Crippen molar-refractivity contribution in [1.82, 2.24) is 9.80 Å². The van der Waals surface area contributed by atoms with Gasteiger partial charge in [-0.3, -0.25) is 9.69 Å². The van der Waals surface area contributed by atoms with Crippen LogP contribution in [0, 0.1) is 11.8 Å². The summed E-state index contributed by atoms with van der Waals surface area (Å²) in [5.41, 5.74) is 0. The van der Waals surface area contributed by atoms with Gasteiger partial charge in [-0.05, 0) is 32.2 Å². The largest absolute Gasteiger partial charge is 0.393 e. The Kier molecular flexibility index (Phi) is 5.17. The van der Waals surface area contributed by atoms with Crippen molar-refractivity contribution in [2.45, 2.75) is 51.7 Å². The van der Waals surface area contributed by atoms with E-state index in [1.807, 2.05) is 23.6 Å². The smallest absolute Gasteiger partial charge is 0.342 e. The minimum Gasteiger partial charge on any atom is -0.342 e. The predicted octanol–water partition coefficient (Wildman–Crippen LogP) is 2.91. The molecule has 2 heterocycles. The molecule has 0 N–H and O–H groups in total. The third-order valence-electron chi connectivity index (χ3n) is 4.70.